The van der Waals surface area contributed by atoms with E-state index in [0.29, 0.717) is 10.9 Å². The molecule has 0 fully saturated rings. The summed E-state index contributed by atoms with van der Waals surface area (Å²) in [7, 11) is 0. The second-order valence-electron chi connectivity index (χ2n) is 2.20. The monoisotopic (exact) mass is 220 g/mol. The molecular formula is C6H9BrN2O2. The summed E-state index contributed by atoms with van der Waals surface area (Å²) in [4.78, 5) is 0. The lowest BCUT2D eigenvalue weighted by atomic mass is 10.1. The third-order valence-corrected chi connectivity index (χ3v) is 2.05. The summed E-state index contributed by atoms with van der Waals surface area (Å²) >= 11 is 3.06. The number of rotatable bonds is 3. The van der Waals surface area contributed by atoms with E-state index < -0.39 is 12.2 Å². The summed E-state index contributed by atoms with van der Waals surface area (Å²) in [6, 6.07) is 0. The fourth-order valence-electron chi connectivity index (χ4n) is 0.729. The molecule has 1 aromatic rings. The standard InChI is InChI=1S/C6H9BrN2O2/c7-1-5(10)6(11)4-2-8-9-3-4/h2-3,5-6,10-11H,1H2,(H,8,9). The maximum Gasteiger partial charge on any atom is 0.109 e. The van der Waals surface area contributed by atoms with E-state index in [4.69, 9.17) is 5.11 Å². The van der Waals surface area contributed by atoms with Crippen LogP contribution in [0.3, 0.4) is 0 Å². The lowest BCUT2D eigenvalue weighted by molar-refractivity contribution is 0.0343. The topological polar surface area (TPSA) is 69.1 Å². The highest BCUT2D eigenvalue weighted by atomic mass is 79.9. The smallest absolute Gasteiger partial charge is 0.109 e. The van der Waals surface area contributed by atoms with E-state index >= 15 is 0 Å². The molecule has 3 N–H and O–H groups in total. The Morgan fingerprint density at radius 2 is 2.36 bits per heavy atom. The molecule has 4 nitrogen and oxygen atoms in total. The molecule has 5 heteroatoms. The second-order valence-corrected chi connectivity index (χ2v) is 2.85. The molecule has 0 saturated carbocycles. The van der Waals surface area contributed by atoms with E-state index in [0.717, 1.165) is 0 Å². The Morgan fingerprint density at radius 3 is 2.82 bits per heavy atom. The average molecular weight is 221 g/mol. The molecule has 0 radical (unpaired) electrons. The largest absolute Gasteiger partial charge is 0.389 e. The first kappa shape index (κ1) is 8.70. The lowest BCUT2D eigenvalue weighted by Gasteiger charge is -2.12. The van der Waals surface area contributed by atoms with Gasteiger partial charge in [-0.3, -0.25) is 5.10 Å². The van der Waals surface area contributed by atoms with Gasteiger partial charge in [0.05, 0.1) is 12.3 Å². The van der Waals surface area contributed by atoms with Gasteiger partial charge >= 0.3 is 0 Å². The van der Waals surface area contributed by atoms with Crippen LogP contribution in [0.1, 0.15) is 11.7 Å². The SMILES string of the molecule is OC(CBr)C(O)c1cn[nH]c1. The minimum atomic E-state index is -0.867. The molecule has 0 bridgehead atoms. The molecular weight excluding hydrogens is 212 g/mol. The summed E-state index contributed by atoms with van der Waals surface area (Å²) in [5.41, 5.74) is 0.594. The molecule has 0 aliphatic heterocycles. The number of alkyl halides is 1. The molecule has 0 aromatic carbocycles. The number of halogens is 1. The van der Waals surface area contributed by atoms with Crippen molar-refractivity contribution in [3.8, 4) is 0 Å². The Morgan fingerprint density at radius 1 is 1.64 bits per heavy atom. The highest BCUT2D eigenvalue weighted by Gasteiger charge is 2.17. The zero-order valence-electron chi connectivity index (χ0n) is 5.74. The van der Waals surface area contributed by atoms with Gasteiger partial charge in [-0.1, -0.05) is 15.9 Å². The van der Waals surface area contributed by atoms with Gasteiger partial charge in [-0.25, -0.2) is 0 Å². The van der Waals surface area contributed by atoms with E-state index in [1.54, 1.807) is 6.20 Å². The number of hydrogen-bond acceptors (Lipinski definition) is 3. The van der Waals surface area contributed by atoms with Gasteiger partial charge in [0, 0.05) is 17.1 Å². The van der Waals surface area contributed by atoms with E-state index in [2.05, 4.69) is 26.1 Å². The van der Waals surface area contributed by atoms with Crippen LogP contribution >= 0.6 is 15.9 Å². The molecule has 0 amide bonds. The summed E-state index contributed by atoms with van der Waals surface area (Å²) in [6.45, 7) is 0. The maximum absolute atomic E-state index is 9.34. The van der Waals surface area contributed by atoms with Crippen LogP contribution in [0.15, 0.2) is 12.4 Å². The van der Waals surface area contributed by atoms with Gasteiger partial charge in [0.1, 0.15) is 6.10 Å². The van der Waals surface area contributed by atoms with Gasteiger partial charge in [-0.2, -0.15) is 5.10 Å². The molecule has 1 aromatic heterocycles. The second kappa shape index (κ2) is 3.85. The Kier molecular flexibility index (Phi) is 3.04. The Bertz CT molecular complexity index is 202. The molecule has 1 rings (SSSR count). The van der Waals surface area contributed by atoms with E-state index in [1.807, 2.05) is 0 Å². The number of aliphatic hydroxyl groups excluding tert-OH is 2. The zero-order chi connectivity index (χ0) is 8.27. The fourth-order valence-corrected chi connectivity index (χ4v) is 1.08. The lowest BCUT2D eigenvalue weighted by Crippen LogP contribution is -2.18. The van der Waals surface area contributed by atoms with Crippen LogP contribution in [0.25, 0.3) is 0 Å². The summed E-state index contributed by atoms with van der Waals surface area (Å²) in [5.74, 6) is 0. The highest BCUT2D eigenvalue weighted by molar-refractivity contribution is 9.09. The van der Waals surface area contributed by atoms with Crippen LogP contribution in [-0.2, 0) is 0 Å². The quantitative estimate of drug-likeness (QED) is 0.638. The van der Waals surface area contributed by atoms with Crippen LogP contribution in [-0.4, -0.2) is 31.8 Å². The zero-order valence-corrected chi connectivity index (χ0v) is 7.32. The van der Waals surface area contributed by atoms with Crippen molar-refractivity contribution in [2.45, 2.75) is 12.2 Å². The number of aromatic amines is 1. The summed E-state index contributed by atoms with van der Waals surface area (Å²) < 4.78 is 0. The molecule has 11 heavy (non-hydrogen) atoms. The maximum atomic E-state index is 9.34. The summed E-state index contributed by atoms with van der Waals surface area (Å²) in [6.07, 6.45) is 1.38. The van der Waals surface area contributed by atoms with Gasteiger partial charge in [-0.05, 0) is 0 Å². The molecule has 0 aliphatic carbocycles. The number of hydrogen-bond donors (Lipinski definition) is 3. The number of aliphatic hydroxyl groups is 2. The Labute approximate surface area is 72.4 Å². The molecule has 62 valence electrons. The van der Waals surface area contributed by atoms with Gasteiger partial charge in [0.2, 0.25) is 0 Å². The fraction of sp³-hybridized carbons (Fsp3) is 0.500. The van der Waals surface area contributed by atoms with Crippen molar-refractivity contribution < 1.29 is 10.2 Å². The van der Waals surface area contributed by atoms with E-state index in [9.17, 15) is 5.11 Å². The molecule has 2 unspecified atom stereocenters. The van der Waals surface area contributed by atoms with Crippen LogP contribution in [0.5, 0.6) is 0 Å². The first-order chi connectivity index (χ1) is 5.25. The molecule has 0 saturated heterocycles. The Hall–Kier alpha value is -0.390. The van der Waals surface area contributed by atoms with Gasteiger partial charge < -0.3 is 10.2 Å². The number of aromatic nitrogens is 2. The number of nitrogens with one attached hydrogen (secondary N) is 1. The van der Waals surface area contributed by atoms with Crippen molar-refractivity contribution in [1.82, 2.24) is 10.2 Å². The third-order valence-electron chi connectivity index (χ3n) is 1.38. The van der Waals surface area contributed by atoms with Crippen molar-refractivity contribution in [3.63, 3.8) is 0 Å². The minimum Gasteiger partial charge on any atom is -0.389 e. The number of H-pyrrole nitrogens is 1. The van der Waals surface area contributed by atoms with Crippen molar-refractivity contribution in [3.05, 3.63) is 18.0 Å². The predicted octanol–water partition coefficient (Wildman–Crippen LogP) is 0.199. The Balaban J connectivity index is 2.62. The molecule has 0 aliphatic rings. The van der Waals surface area contributed by atoms with Crippen LogP contribution in [0.4, 0.5) is 0 Å². The number of nitrogens with zero attached hydrogens (tertiary/aromatic N) is 1. The van der Waals surface area contributed by atoms with Gasteiger partial charge in [0.25, 0.3) is 0 Å². The third kappa shape index (κ3) is 2.02. The van der Waals surface area contributed by atoms with Crippen molar-refractivity contribution in [2.24, 2.45) is 0 Å². The molecule has 1 heterocycles. The van der Waals surface area contributed by atoms with Crippen molar-refractivity contribution in [2.75, 3.05) is 5.33 Å². The molecule has 0 spiro atoms. The van der Waals surface area contributed by atoms with Crippen LogP contribution < -0.4 is 0 Å². The van der Waals surface area contributed by atoms with Gasteiger partial charge in [0.15, 0.2) is 0 Å². The molecule has 2 atom stereocenters. The van der Waals surface area contributed by atoms with Crippen LogP contribution in [0, 0.1) is 0 Å². The first-order valence-corrected chi connectivity index (χ1v) is 4.28. The first-order valence-electron chi connectivity index (χ1n) is 3.16. The normalized spacial score (nSPS) is 16.3. The van der Waals surface area contributed by atoms with Crippen molar-refractivity contribution >= 4 is 15.9 Å². The van der Waals surface area contributed by atoms with E-state index in [1.165, 1.54) is 6.20 Å². The predicted molar refractivity (Wildman–Crippen MR) is 43.3 cm³/mol. The highest BCUT2D eigenvalue weighted by Crippen LogP contribution is 2.15. The van der Waals surface area contributed by atoms with E-state index in [-0.39, 0.29) is 0 Å². The summed E-state index contributed by atoms with van der Waals surface area (Å²) in [5, 5.41) is 25.0. The minimum absolute atomic E-state index is 0.347. The average Bonchev–Trinajstić information content (AvgIpc) is 2.53. The van der Waals surface area contributed by atoms with Gasteiger partial charge in [-0.15, -0.1) is 0 Å². The van der Waals surface area contributed by atoms with Crippen molar-refractivity contribution in [1.29, 1.82) is 0 Å². The van der Waals surface area contributed by atoms with Crippen LogP contribution in [0.2, 0.25) is 0 Å².